The van der Waals surface area contributed by atoms with Gasteiger partial charge in [-0.05, 0) is 18.2 Å². The van der Waals surface area contributed by atoms with E-state index in [1.54, 1.807) is 0 Å². The van der Waals surface area contributed by atoms with Crippen molar-refractivity contribution in [2.24, 2.45) is 0 Å². The van der Waals surface area contributed by atoms with Gasteiger partial charge in [0, 0.05) is 11.0 Å². The lowest BCUT2D eigenvalue weighted by atomic mass is 10.2. The number of halogens is 1. The molecule has 3 N–H and O–H groups in total. The summed E-state index contributed by atoms with van der Waals surface area (Å²) >= 11 is 3.05. The normalized spacial score (nSPS) is 10.8. The Morgan fingerprint density at radius 2 is 2.24 bits per heavy atom. The molecular formula is C10H10BrN3O2S. The fourth-order valence-corrected chi connectivity index (χ4v) is 2.58. The van der Waals surface area contributed by atoms with Crippen molar-refractivity contribution in [2.75, 3.05) is 12.3 Å². The predicted molar refractivity (Wildman–Crippen MR) is 68.8 cm³/mol. The summed E-state index contributed by atoms with van der Waals surface area (Å²) < 4.78 is 26.5. The number of hydrogen-bond donors (Lipinski definition) is 2. The van der Waals surface area contributed by atoms with Crippen molar-refractivity contribution in [3.8, 4) is 6.07 Å². The second-order valence-electron chi connectivity index (χ2n) is 3.21. The van der Waals surface area contributed by atoms with Crippen LogP contribution in [0.3, 0.4) is 0 Å². The maximum atomic E-state index is 11.8. The molecule has 0 saturated heterocycles. The first-order valence-corrected chi connectivity index (χ1v) is 6.77. The van der Waals surface area contributed by atoms with Gasteiger partial charge < -0.3 is 5.73 Å². The summed E-state index contributed by atoms with van der Waals surface area (Å²) in [5, 5.41) is 8.64. The van der Waals surface area contributed by atoms with Crippen molar-refractivity contribution in [1.29, 1.82) is 5.26 Å². The van der Waals surface area contributed by atoms with Gasteiger partial charge in [0.25, 0.3) is 0 Å². The van der Waals surface area contributed by atoms with Crippen molar-refractivity contribution >= 4 is 31.6 Å². The molecule has 0 bridgehead atoms. The molecule has 0 aliphatic rings. The quantitative estimate of drug-likeness (QED) is 0.819. The summed E-state index contributed by atoms with van der Waals surface area (Å²) in [6.45, 7) is 3.59. The molecule has 0 aliphatic carbocycles. The average Bonchev–Trinajstić information content (AvgIpc) is 2.26. The highest BCUT2D eigenvalue weighted by Crippen LogP contribution is 2.19. The molecule has 17 heavy (non-hydrogen) atoms. The topological polar surface area (TPSA) is 96.0 Å². The molecule has 0 spiro atoms. The van der Waals surface area contributed by atoms with E-state index >= 15 is 0 Å². The van der Waals surface area contributed by atoms with Crippen LogP contribution in [-0.2, 0) is 10.0 Å². The van der Waals surface area contributed by atoms with Gasteiger partial charge in [0.1, 0.15) is 4.90 Å². The molecule has 0 saturated carbocycles. The Kier molecular flexibility index (Phi) is 4.28. The first kappa shape index (κ1) is 13.7. The van der Waals surface area contributed by atoms with E-state index in [0.717, 1.165) is 0 Å². The highest BCUT2D eigenvalue weighted by Gasteiger charge is 2.17. The fraction of sp³-hybridized carbons (Fsp3) is 0.100. The largest absolute Gasteiger partial charge is 0.398 e. The van der Waals surface area contributed by atoms with Crippen LogP contribution in [0.1, 0.15) is 5.56 Å². The van der Waals surface area contributed by atoms with E-state index in [9.17, 15) is 8.42 Å². The number of nitriles is 1. The summed E-state index contributed by atoms with van der Waals surface area (Å²) in [6, 6.07) is 5.89. The zero-order valence-corrected chi connectivity index (χ0v) is 11.2. The van der Waals surface area contributed by atoms with Gasteiger partial charge in [-0.15, -0.1) is 0 Å². The van der Waals surface area contributed by atoms with Crippen LogP contribution in [0.5, 0.6) is 0 Å². The standard InChI is InChI=1S/C10H10BrN3O2S/c1-7(11)6-14-17(15,16)10-3-2-8(5-12)4-9(10)13/h2-4,14H,1,6,13H2. The number of rotatable bonds is 4. The summed E-state index contributed by atoms with van der Waals surface area (Å²) in [7, 11) is -3.69. The third-order valence-corrected chi connectivity index (χ3v) is 3.64. The zero-order chi connectivity index (χ0) is 13.1. The molecular weight excluding hydrogens is 306 g/mol. The lowest BCUT2D eigenvalue weighted by Gasteiger charge is -2.08. The minimum Gasteiger partial charge on any atom is -0.398 e. The number of hydrogen-bond acceptors (Lipinski definition) is 4. The smallest absolute Gasteiger partial charge is 0.242 e. The Labute approximate surface area is 108 Å². The highest BCUT2D eigenvalue weighted by atomic mass is 79.9. The fourth-order valence-electron chi connectivity index (χ4n) is 1.11. The monoisotopic (exact) mass is 315 g/mol. The van der Waals surface area contributed by atoms with Crippen molar-refractivity contribution < 1.29 is 8.42 Å². The third kappa shape index (κ3) is 3.56. The van der Waals surface area contributed by atoms with Crippen LogP contribution >= 0.6 is 15.9 Å². The van der Waals surface area contributed by atoms with E-state index in [1.165, 1.54) is 18.2 Å². The van der Waals surface area contributed by atoms with E-state index < -0.39 is 10.0 Å². The molecule has 0 amide bonds. The van der Waals surface area contributed by atoms with Gasteiger partial charge in [-0.3, -0.25) is 0 Å². The van der Waals surface area contributed by atoms with Gasteiger partial charge in [-0.25, -0.2) is 13.1 Å². The van der Waals surface area contributed by atoms with Crippen LogP contribution in [0, 0.1) is 11.3 Å². The SMILES string of the molecule is C=C(Br)CNS(=O)(=O)c1ccc(C#N)cc1N. The molecule has 0 aliphatic heterocycles. The molecule has 7 heteroatoms. The van der Waals surface area contributed by atoms with Crippen LogP contribution in [0.2, 0.25) is 0 Å². The lowest BCUT2D eigenvalue weighted by molar-refractivity contribution is 0.586. The van der Waals surface area contributed by atoms with E-state index in [-0.39, 0.29) is 17.1 Å². The van der Waals surface area contributed by atoms with Crippen molar-refractivity contribution in [3.63, 3.8) is 0 Å². The maximum absolute atomic E-state index is 11.8. The second-order valence-corrected chi connectivity index (χ2v) is 6.06. The molecule has 0 fully saturated rings. The highest BCUT2D eigenvalue weighted by molar-refractivity contribution is 9.11. The number of nitrogens with two attached hydrogens (primary N) is 1. The zero-order valence-electron chi connectivity index (χ0n) is 8.77. The molecule has 0 unspecified atom stereocenters. The first-order valence-electron chi connectivity index (χ1n) is 4.49. The van der Waals surface area contributed by atoms with Gasteiger partial charge in [-0.1, -0.05) is 22.5 Å². The molecule has 1 aromatic rings. The molecule has 0 aromatic heterocycles. The van der Waals surface area contributed by atoms with Crippen LogP contribution in [-0.4, -0.2) is 15.0 Å². The van der Waals surface area contributed by atoms with E-state index in [1.807, 2.05) is 6.07 Å². The van der Waals surface area contributed by atoms with Gasteiger partial charge in [-0.2, -0.15) is 5.26 Å². The van der Waals surface area contributed by atoms with Crippen molar-refractivity contribution in [2.45, 2.75) is 4.90 Å². The first-order chi connectivity index (χ1) is 7.86. The van der Waals surface area contributed by atoms with Gasteiger partial charge in [0.05, 0.1) is 17.3 Å². The van der Waals surface area contributed by atoms with Crippen LogP contribution in [0.4, 0.5) is 5.69 Å². The molecule has 90 valence electrons. The lowest BCUT2D eigenvalue weighted by Crippen LogP contribution is -2.25. The summed E-state index contributed by atoms with van der Waals surface area (Å²) in [4.78, 5) is -0.0507. The van der Waals surface area contributed by atoms with Crippen molar-refractivity contribution in [3.05, 3.63) is 34.8 Å². The molecule has 0 radical (unpaired) electrons. The molecule has 5 nitrogen and oxygen atoms in total. The average molecular weight is 316 g/mol. The van der Waals surface area contributed by atoms with Gasteiger partial charge in [0.2, 0.25) is 10.0 Å². The summed E-state index contributed by atoms with van der Waals surface area (Å²) in [5.74, 6) is 0. The Morgan fingerprint density at radius 1 is 1.59 bits per heavy atom. The molecule has 0 heterocycles. The summed E-state index contributed by atoms with van der Waals surface area (Å²) in [6.07, 6.45) is 0. The van der Waals surface area contributed by atoms with Crippen LogP contribution in [0.25, 0.3) is 0 Å². The van der Waals surface area contributed by atoms with Crippen molar-refractivity contribution in [1.82, 2.24) is 4.72 Å². The van der Waals surface area contributed by atoms with E-state index in [0.29, 0.717) is 10.0 Å². The molecule has 1 aromatic carbocycles. The Hall–Kier alpha value is -1.36. The third-order valence-electron chi connectivity index (χ3n) is 1.88. The van der Waals surface area contributed by atoms with Gasteiger partial charge in [0.15, 0.2) is 0 Å². The number of nitrogens with one attached hydrogen (secondary N) is 1. The molecule has 0 atom stereocenters. The van der Waals surface area contributed by atoms with E-state index in [2.05, 4.69) is 27.2 Å². The number of nitrogens with zero attached hydrogens (tertiary/aromatic N) is 1. The minimum atomic E-state index is -3.69. The number of nitrogen functional groups attached to an aromatic ring is 1. The van der Waals surface area contributed by atoms with Crippen LogP contribution < -0.4 is 10.5 Å². The Balaban J connectivity index is 3.08. The number of sulfonamides is 1. The number of benzene rings is 1. The summed E-state index contributed by atoms with van der Waals surface area (Å²) in [5.41, 5.74) is 5.94. The van der Waals surface area contributed by atoms with E-state index in [4.69, 9.17) is 11.0 Å². The van der Waals surface area contributed by atoms with Crippen LogP contribution in [0.15, 0.2) is 34.2 Å². The second kappa shape index (κ2) is 5.31. The predicted octanol–water partition coefficient (Wildman–Crippen LogP) is 1.33. The Morgan fingerprint density at radius 3 is 2.71 bits per heavy atom. The Bertz CT molecular complexity index is 590. The van der Waals surface area contributed by atoms with Gasteiger partial charge >= 0.3 is 0 Å². The minimum absolute atomic E-state index is 0.0386. The molecule has 1 rings (SSSR count). The maximum Gasteiger partial charge on any atom is 0.242 e. The number of anilines is 1.